The molecule has 1 heterocycles. The van der Waals surface area contributed by atoms with Crippen LogP contribution in [-0.2, 0) is 23.0 Å². The summed E-state index contributed by atoms with van der Waals surface area (Å²) < 4.78 is 26.5. The number of aliphatic imine (C=N–C) groups is 1. The first-order valence-corrected chi connectivity index (χ1v) is 11.9. The van der Waals surface area contributed by atoms with Crippen LogP contribution in [0.2, 0.25) is 0 Å². The van der Waals surface area contributed by atoms with Crippen LogP contribution in [0.1, 0.15) is 24.5 Å². The van der Waals surface area contributed by atoms with E-state index in [1.807, 2.05) is 12.1 Å². The Morgan fingerprint density at radius 2 is 1.81 bits per heavy atom. The van der Waals surface area contributed by atoms with Crippen LogP contribution >= 0.6 is 24.0 Å². The van der Waals surface area contributed by atoms with E-state index in [2.05, 4.69) is 47.5 Å². The fourth-order valence-electron chi connectivity index (χ4n) is 3.81. The highest BCUT2D eigenvalue weighted by Crippen LogP contribution is 2.22. The number of nitrogens with zero attached hydrogens (tertiary/aromatic N) is 3. The quantitative estimate of drug-likeness (QED) is 0.322. The van der Waals surface area contributed by atoms with Gasteiger partial charge in [-0.1, -0.05) is 48.5 Å². The van der Waals surface area contributed by atoms with Crippen molar-refractivity contribution in [2.24, 2.45) is 10.9 Å². The van der Waals surface area contributed by atoms with Crippen LogP contribution in [0.25, 0.3) is 0 Å². The number of benzene rings is 2. The molecule has 0 amide bonds. The largest absolute Gasteiger partial charge is 0.357 e. The number of rotatable bonds is 7. The van der Waals surface area contributed by atoms with Gasteiger partial charge in [0.15, 0.2) is 5.96 Å². The molecule has 170 valence electrons. The third kappa shape index (κ3) is 6.66. The molecule has 0 radical (unpaired) electrons. The molecule has 0 aromatic heterocycles. The fourth-order valence-corrected chi connectivity index (χ4v) is 4.92. The second kappa shape index (κ2) is 11.8. The second-order valence-electron chi connectivity index (χ2n) is 7.86. The minimum Gasteiger partial charge on any atom is -0.357 e. The minimum absolute atomic E-state index is 0. The van der Waals surface area contributed by atoms with Crippen LogP contribution in [0.4, 0.5) is 0 Å². The molecular weight excluding hydrogens is 523 g/mol. The molecule has 1 fully saturated rings. The first-order valence-electron chi connectivity index (χ1n) is 10.5. The summed E-state index contributed by atoms with van der Waals surface area (Å²) in [5.74, 6) is 1.45. The van der Waals surface area contributed by atoms with E-state index in [4.69, 9.17) is 4.99 Å². The summed E-state index contributed by atoms with van der Waals surface area (Å²) in [4.78, 5) is 7.40. The standard InChI is InChI=1S/C23H32N4O2S.HI/c1-4-24-23(27-15-14-20(18-27)16-19-10-6-5-7-11-19)25-17-21-12-8-9-13-22(21)30(28,29)26(2)3;/h5-13,20H,4,14-18H2,1-3H3,(H,24,25);1H. The molecule has 2 aromatic rings. The Morgan fingerprint density at radius 3 is 2.48 bits per heavy atom. The lowest BCUT2D eigenvalue weighted by Crippen LogP contribution is -2.40. The molecule has 3 rings (SSSR count). The number of hydrogen-bond acceptors (Lipinski definition) is 3. The van der Waals surface area contributed by atoms with Gasteiger partial charge in [-0.25, -0.2) is 17.7 Å². The van der Waals surface area contributed by atoms with E-state index < -0.39 is 10.0 Å². The predicted molar refractivity (Wildman–Crippen MR) is 137 cm³/mol. The van der Waals surface area contributed by atoms with E-state index in [-0.39, 0.29) is 24.0 Å². The van der Waals surface area contributed by atoms with E-state index in [1.54, 1.807) is 26.2 Å². The summed E-state index contributed by atoms with van der Waals surface area (Å²) in [5.41, 5.74) is 2.08. The third-order valence-corrected chi connectivity index (χ3v) is 7.33. The first-order chi connectivity index (χ1) is 14.4. The second-order valence-corrected chi connectivity index (χ2v) is 9.98. The Kier molecular flexibility index (Phi) is 9.77. The van der Waals surface area contributed by atoms with Gasteiger partial charge >= 0.3 is 0 Å². The van der Waals surface area contributed by atoms with E-state index >= 15 is 0 Å². The number of guanidine groups is 1. The van der Waals surface area contributed by atoms with Crippen LogP contribution in [0, 0.1) is 5.92 Å². The predicted octanol–water partition coefficient (Wildman–Crippen LogP) is 3.59. The van der Waals surface area contributed by atoms with Crippen LogP contribution in [0.15, 0.2) is 64.5 Å². The molecule has 0 spiro atoms. The molecule has 1 saturated heterocycles. The zero-order valence-electron chi connectivity index (χ0n) is 18.5. The van der Waals surface area contributed by atoms with Crippen molar-refractivity contribution in [1.29, 1.82) is 0 Å². The molecule has 0 aliphatic carbocycles. The molecule has 8 heteroatoms. The zero-order valence-corrected chi connectivity index (χ0v) is 21.6. The highest BCUT2D eigenvalue weighted by atomic mass is 127. The van der Waals surface area contributed by atoms with Crippen molar-refractivity contribution in [2.45, 2.75) is 31.2 Å². The lowest BCUT2D eigenvalue weighted by atomic mass is 9.99. The fraction of sp³-hybridized carbons (Fsp3) is 0.435. The van der Waals surface area contributed by atoms with E-state index in [0.717, 1.165) is 38.4 Å². The molecule has 1 N–H and O–H groups in total. The van der Waals surface area contributed by atoms with Gasteiger partial charge in [-0.15, -0.1) is 24.0 Å². The Bertz CT molecular complexity index is 965. The maximum Gasteiger partial charge on any atom is 0.242 e. The van der Waals surface area contributed by atoms with Crippen molar-refractivity contribution in [3.63, 3.8) is 0 Å². The molecule has 2 aromatic carbocycles. The summed E-state index contributed by atoms with van der Waals surface area (Å²) in [6.07, 6.45) is 2.20. The number of nitrogens with one attached hydrogen (secondary N) is 1. The van der Waals surface area contributed by atoms with Crippen molar-refractivity contribution in [2.75, 3.05) is 33.7 Å². The van der Waals surface area contributed by atoms with Crippen LogP contribution < -0.4 is 5.32 Å². The molecule has 1 atom stereocenters. The van der Waals surface area contributed by atoms with Crippen molar-refractivity contribution < 1.29 is 8.42 Å². The Labute approximate surface area is 203 Å². The van der Waals surface area contributed by atoms with Crippen LogP contribution in [-0.4, -0.2) is 57.3 Å². The average Bonchev–Trinajstić information content (AvgIpc) is 3.20. The van der Waals surface area contributed by atoms with Gasteiger partial charge in [-0.05, 0) is 42.9 Å². The van der Waals surface area contributed by atoms with Crippen molar-refractivity contribution in [3.8, 4) is 0 Å². The van der Waals surface area contributed by atoms with E-state index in [9.17, 15) is 8.42 Å². The number of halogens is 1. The normalized spacial score (nSPS) is 17.0. The van der Waals surface area contributed by atoms with Gasteiger partial charge < -0.3 is 10.2 Å². The van der Waals surface area contributed by atoms with Gasteiger partial charge in [0.2, 0.25) is 10.0 Å². The molecule has 1 aliphatic heterocycles. The van der Waals surface area contributed by atoms with E-state index in [1.165, 1.54) is 9.87 Å². The Balaban J connectivity index is 0.00000341. The minimum atomic E-state index is -3.50. The molecule has 0 saturated carbocycles. The van der Waals surface area contributed by atoms with E-state index in [0.29, 0.717) is 22.9 Å². The van der Waals surface area contributed by atoms with Gasteiger partial charge in [0.25, 0.3) is 0 Å². The zero-order chi connectivity index (χ0) is 21.6. The molecule has 6 nitrogen and oxygen atoms in total. The monoisotopic (exact) mass is 556 g/mol. The average molecular weight is 557 g/mol. The molecule has 31 heavy (non-hydrogen) atoms. The molecule has 1 aliphatic rings. The lowest BCUT2D eigenvalue weighted by molar-refractivity contribution is 0.459. The summed E-state index contributed by atoms with van der Waals surface area (Å²) in [5, 5.41) is 3.38. The van der Waals surface area contributed by atoms with Crippen LogP contribution in [0.5, 0.6) is 0 Å². The number of hydrogen-bond donors (Lipinski definition) is 1. The maximum absolute atomic E-state index is 12.6. The Morgan fingerprint density at radius 1 is 1.13 bits per heavy atom. The molecule has 1 unspecified atom stereocenters. The van der Waals surface area contributed by atoms with Gasteiger partial charge in [-0.3, -0.25) is 0 Å². The third-order valence-electron chi connectivity index (χ3n) is 5.42. The summed E-state index contributed by atoms with van der Waals surface area (Å²) in [7, 11) is -0.396. The topological polar surface area (TPSA) is 65.0 Å². The van der Waals surface area contributed by atoms with Crippen LogP contribution in [0.3, 0.4) is 0 Å². The van der Waals surface area contributed by atoms with Gasteiger partial charge in [0, 0.05) is 33.7 Å². The van der Waals surface area contributed by atoms with Crippen molar-refractivity contribution in [1.82, 2.24) is 14.5 Å². The smallest absolute Gasteiger partial charge is 0.242 e. The highest BCUT2D eigenvalue weighted by molar-refractivity contribution is 14.0. The summed E-state index contributed by atoms with van der Waals surface area (Å²) in [6.45, 7) is 5.07. The van der Waals surface area contributed by atoms with Gasteiger partial charge in [0.05, 0.1) is 11.4 Å². The summed E-state index contributed by atoms with van der Waals surface area (Å²) >= 11 is 0. The highest BCUT2D eigenvalue weighted by Gasteiger charge is 2.25. The summed E-state index contributed by atoms with van der Waals surface area (Å²) in [6, 6.07) is 17.7. The SMILES string of the molecule is CCNC(=NCc1ccccc1S(=O)(=O)N(C)C)N1CCC(Cc2ccccc2)C1.I. The molecular formula is C23H33IN4O2S. The molecule has 0 bridgehead atoms. The number of sulfonamides is 1. The van der Waals surface area contributed by atoms with Crippen molar-refractivity contribution in [3.05, 3.63) is 65.7 Å². The maximum atomic E-state index is 12.6. The number of likely N-dealkylation sites (tertiary alicyclic amines) is 1. The van der Waals surface area contributed by atoms with Gasteiger partial charge in [-0.2, -0.15) is 0 Å². The van der Waals surface area contributed by atoms with Gasteiger partial charge in [0.1, 0.15) is 0 Å². The van der Waals surface area contributed by atoms with Crippen molar-refractivity contribution >= 4 is 40.0 Å². The lowest BCUT2D eigenvalue weighted by Gasteiger charge is -2.22. The first kappa shape index (κ1) is 25.6. The Hall–Kier alpha value is -1.65.